The van der Waals surface area contributed by atoms with E-state index in [9.17, 15) is 9.90 Å². The summed E-state index contributed by atoms with van der Waals surface area (Å²) in [5, 5.41) is 13.4. The van der Waals surface area contributed by atoms with Gasteiger partial charge in [0.05, 0.1) is 31.2 Å². The quantitative estimate of drug-likeness (QED) is 0.848. The van der Waals surface area contributed by atoms with Crippen molar-refractivity contribution in [2.45, 2.75) is 44.4 Å². The Kier molecular flexibility index (Phi) is 5.15. The molecule has 0 aliphatic heterocycles. The number of aromatic nitrogens is 2. The van der Waals surface area contributed by atoms with Gasteiger partial charge in [0, 0.05) is 12.4 Å². The van der Waals surface area contributed by atoms with Gasteiger partial charge >= 0.3 is 0 Å². The summed E-state index contributed by atoms with van der Waals surface area (Å²) in [7, 11) is 0. The zero-order chi connectivity index (χ0) is 16.9. The molecule has 6 heteroatoms. The third kappa shape index (κ3) is 3.76. The molecule has 2 N–H and O–H groups in total. The minimum atomic E-state index is -0.600. The van der Waals surface area contributed by atoms with E-state index in [1.807, 2.05) is 48.0 Å². The number of hydrogen-bond donors (Lipinski definition) is 2. The SMILES string of the molecule is Cc1nccn1[C@@H]1CC[C@@H](NC(=O)CCOc2ccccc2)[C@H]1O. The van der Waals surface area contributed by atoms with E-state index in [0.29, 0.717) is 6.61 Å². The van der Waals surface area contributed by atoms with Crippen LogP contribution in [0.4, 0.5) is 0 Å². The molecule has 1 saturated carbocycles. The van der Waals surface area contributed by atoms with E-state index >= 15 is 0 Å². The van der Waals surface area contributed by atoms with E-state index in [1.54, 1.807) is 6.20 Å². The maximum atomic E-state index is 12.1. The van der Waals surface area contributed by atoms with E-state index in [-0.39, 0.29) is 24.4 Å². The Morgan fingerprint density at radius 1 is 1.38 bits per heavy atom. The van der Waals surface area contributed by atoms with Gasteiger partial charge in [0.25, 0.3) is 0 Å². The average molecular weight is 329 g/mol. The molecule has 1 amide bonds. The van der Waals surface area contributed by atoms with Crippen LogP contribution in [0.25, 0.3) is 0 Å². The summed E-state index contributed by atoms with van der Waals surface area (Å²) >= 11 is 0. The van der Waals surface area contributed by atoms with Crippen LogP contribution in [0.1, 0.15) is 31.1 Å². The first-order valence-corrected chi connectivity index (χ1v) is 8.30. The molecular formula is C18H23N3O3. The van der Waals surface area contributed by atoms with Crippen molar-refractivity contribution in [3.05, 3.63) is 48.5 Å². The van der Waals surface area contributed by atoms with E-state index in [4.69, 9.17) is 4.74 Å². The van der Waals surface area contributed by atoms with Gasteiger partial charge in [0.2, 0.25) is 5.91 Å². The Hall–Kier alpha value is -2.34. The van der Waals surface area contributed by atoms with Crippen molar-refractivity contribution < 1.29 is 14.6 Å². The number of imidazole rings is 1. The number of rotatable bonds is 6. The largest absolute Gasteiger partial charge is 0.493 e. The molecule has 3 rings (SSSR count). The van der Waals surface area contributed by atoms with Gasteiger partial charge in [-0.3, -0.25) is 4.79 Å². The van der Waals surface area contributed by atoms with Crippen LogP contribution in [0.2, 0.25) is 0 Å². The fraction of sp³-hybridized carbons (Fsp3) is 0.444. The maximum Gasteiger partial charge on any atom is 0.223 e. The van der Waals surface area contributed by atoms with Gasteiger partial charge < -0.3 is 19.7 Å². The Balaban J connectivity index is 1.46. The number of ether oxygens (including phenoxy) is 1. The van der Waals surface area contributed by atoms with Crippen LogP contribution in [0, 0.1) is 6.92 Å². The summed E-state index contributed by atoms with van der Waals surface area (Å²) in [4.78, 5) is 16.3. The molecule has 1 aromatic carbocycles. The smallest absolute Gasteiger partial charge is 0.223 e. The second kappa shape index (κ2) is 7.49. The number of amides is 1. The lowest BCUT2D eigenvalue weighted by atomic mass is 10.1. The second-order valence-corrected chi connectivity index (χ2v) is 6.10. The van der Waals surface area contributed by atoms with Crippen molar-refractivity contribution in [1.82, 2.24) is 14.9 Å². The Morgan fingerprint density at radius 3 is 2.88 bits per heavy atom. The van der Waals surface area contributed by atoms with Crippen LogP contribution in [0.5, 0.6) is 5.75 Å². The molecule has 1 aromatic heterocycles. The normalized spacial score (nSPS) is 23.2. The van der Waals surface area contributed by atoms with Crippen LogP contribution >= 0.6 is 0 Å². The van der Waals surface area contributed by atoms with Crippen molar-refractivity contribution in [2.24, 2.45) is 0 Å². The molecule has 1 heterocycles. The first-order valence-electron chi connectivity index (χ1n) is 8.30. The molecule has 3 atom stereocenters. The topological polar surface area (TPSA) is 76.4 Å². The second-order valence-electron chi connectivity index (χ2n) is 6.10. The number of nitrogens with one attached hydrogen (secondary N) is 1. The number of hydrogen-bond acceptors (Lipinski definition) is 4. The van der Waals surface area contributed by atoms with Gasteiger partial charge in [0.1, 0.15) is 11.6 Å². The number of aryl methyl sites for hydroxylation is 1. The number of carbonyl (C=O) groups excluding carboxylic acids is 1. The van der Waals surface area contributed by atoms with Crippen molar-refractivity contribution >= 4 is 5.91 Å². The van der Waals surface area contributed by atoms with Crippen molar-refractivity contribution in [3.63, 3.8) is 0 Å². The summed E-state index contributed by atoms with van der Waals surface area (Å²) in [5.41, 5.74) is 0. The van der Waals surface area contributed by atoms with Crippen molar-refractivity contribution in [2.75, 3.05) is 6.61 Å². The molecule has 0 radical (unpaired) electrons. The Morgan fingerprint density at radius 2 is 2.17 bits per heavy atom. The maximum absolute atomic E-state index is 12.1. The molecule has 1 fully saturated rings. The molecular weight excluding hydrogens is 306 g/mol. The molecule has 6 nitrogen and oxygen atoms in total. The van der Waals surface area contributed by atoms with Crippen molar-refractivity contribution in [1.29, 1.82) is 0 Å². The predicted octanol–water partition coefficient (Wildman–Crippen LogP) is 1.84. The van der Waals surface area contributed by atoms with Gasteiger partial charge in [-0.25, -0.2) is 4.98 Å². The summed E-state index contributed by atoms with van der Waals surface area (Å²) in [5.74, 6) is 1.53. The number of nitrogens with zero attached hydrogens (tertiary/aromatic N) is 2. The minimum absolute atomic E-state index is 0.0293. The number of carbonyl (C=O) groups is 1. The number of benzene rings is 1. The average Bonchev–Trinajstić information content (AvgIpc) is 3.15. The number of para-hydroxylation sites is 1. The first-order chi connectivity index (χ1) is 11.6. The fourth-order valence-electron chi connectivity index (χ4n) is 3.22. The molecule has 0 spiro atoms. The van der Waals surface area contributed by atoms with E-state index < -0.39 is 6.10 Å². The lowest BCUT2D eigenvalue weighted by Gasteiger charge is -2.22. The van der Waals surface area contributed by atoms with Gasteiger partial charge in [-0.15, -0.1) is 0 Å². The molecule has 1 aliphatic rings. The third-order valence-electron chi connectivity index (χ3n) is 4.49. The molecule has 2 aromatic rings. The molecule has 1 aliphatic carbocycles. The van der Waals surface area contributed by atoms with Crippen LogP contribution in [0.15, 0.2) is 42.7 Å². The summed E-state index contributed by atoms with van der Waals surface area (Å²) in [6.07, 6.45) is 4.86. The van der Waals surface area contributed by atoms with E-state index in [2.05, 4.69) is 10.3 Å². The molecule has 24 heavy (non-hydrogen) atoms. The van der Waals surface area contributed by atoms with Crippen molar-refractivity contribution in [3.8, 4) is 5.75 Å². The predicted molar refractivity (Wildman–Crippen MR) is 89.7 cm³/mol. The van der Waals surface area contributed by atoms with Crippen LogP contribution in [0.3, 0.4) is 0 Å². The van der Waals surface area contributed by atoms with Crippen LogP contribution in [-0.4, -0.2) is 39.3 Å². The summed E-state index contributed by atoms with van der Waals surface area (Å²) < 4.78 is 7.51. The van der Waals surface area contributed by atoms with Crippen LogP contribution in [-0.2, 0) is 4.79 Å². The van der Waals surface area contributed by atoms with Gasteiger partial charge in [-0.1, -0.05) is 18.2 Å². The molecule has 128 valence electrons. The van der Waals surface area contributed by atoms with Gasteiger partial charge in [-0.05, 0) is 31.9 Å². The first kappa shape index (κ1) is 16.5. The number of aliphatic hydroxyl groups is 1. The standard InChI is InChI=1S/C18H23N3O3/c1-13-19-10-11-21(13)16-8-7-15(18(16)23)20-17(22)9-12-24-14-5-3-2-4-6-14/h2-6,10-11,15-16,18,23H,7-9,12H2,1H3,(H,20,22)/t15-,16-,18-/m1/s1. The molecule has 0 unspecified atom stereocenters. The lowest BCUT2D eigenvalue weighted by molar-refractivity contribution is -0.123. The number of aliphatic hydroxyl groups excluding tert-OH is 1. The highest BCUT2D eigenvalue weighted by atomic mass is 16.5. The summed E-state index contributed by atoms with van der Waals surface area (Å²) in [6.45, 7) is 2.24. The highest BCUT2D eigenvalue weighted by molar-refractivity contribution is 5.76. The zero-order valence-electron chi connectivity index (χ0n) is 13.8. The van der Waals surface area contributed by atoms with Crippen LogP contribution < -0.4 is 10.1 Å². The van der Waals surface area contributed by atoms with E-state index in [0.717, 1.165) is 24.4 Å². The zero-order valence-corrected chi connectivity index (χ0v) is 13.8. The highest BCUT2D eigenvalue weighted by Crippen LogP contribution is 2.31. The summed E-state index contributed by atoms with van der Waals surface area (Å²) in [6, 6.07) is 9.16. The molecule has 0 saturated heterocycles. The monoisotopic (exact) mass is 329 g/mol. The molecule has 0 bridgehead atoms. The van der Waals surface area contributed by atoms with E-state index in [1.165, 1.54) is 0 Å². The minimum Gasteiger partial charge on any atom is -0.493 e. The highest BCUT2D eigenvalue weighted by Gasteiger charge is 2.36. The van der Waals surface area contributed by atoms with Gasteiger partial charge in [0.15, 0.2) is 0 Å². The fourth-order valence-corrected chi connectivity index (χ4v) is 3.22. The lowest BCUT2D eigenvalue weighted by Crippen LogP contribution is -2.42. The van der Waals surface area contributed by atoms with Gasteiger partial charge in [-0.2, -0.15) is 0 Å². The third-order valence-corrected chi connectivity index (χ3v) is 4.49. The Bertz CT molecular complexity index is 671. The Labute approximate surface area is 141 Å².